The quantitative estimate of drug-likeness (QED) is 0.791. The summed E-state index contributed by atoms with van der Waals surface area (Å²) in [6.45, 7) is 1.63. The van der Waals surface area contributed by atoms with Gasteiger partial charge < -0.3 is 14.8 Å². The topological polar surface area (TPSA) is 73.6 Å². The van der Waals surface area contributed by atoms with Crippen molar-refractivity contribution in [2.24, 2.45) is 0 Å². The molecule has 0 aliphatic carbocycles. The van der Waals surface area contributed by atoms with Gasteiger partial charge in [0.1, 0.15) is 5.75 Å². The summed E-state index contributed by atoms with van der Waals surface area (Å²) in [5.41, 5.74) is 1.76. The highest BCUT2D eigenvalue weighted by molar-refractivity contribution is 7.20. The number of hydrogen-bond acceptors (Lipinski definition) is 7. The molecule has 3 aromatic heterocycles. The first-order valence-corrected chi connectivity index (χ1v) is 8.33. The van der Waals surface area contributed by atoms with Crippen molar-refractivity contribution in [3.63, 3.8) is 0 Å². The maximum Gasteiger partial charge on any atom is 0.214 e. The highest BCUT2D eigenvalue weighted by atomic mass is 32.1. The summed E-state index contributed by atoms with van der Waals surface area (Å²) < 4.78 is 12.4. The zero-order valence-electron chi connectivity index (χ0n) is 12.7. The number of ether oxygens (including phenoxy) is 2. The molecule has 0 radical (unpaired) electrons. The van der Waals surface area contributed by atoms with Gasteiger partial charge in [-0.2, -0.15) is 0 Å². The van der Waals surface area contributed by atoms with Crippen LogP contribution in [0.25, 0.3) is 16.2 Å². The van der Waals surface area contributed by atoms with Crippen LogP contribution in [-0.2, 0) is 4.74 Å². The Balaban J connectivity index is 1.56. The van der Waals surface area contributed by atoms with Gasteiger partial charge in [0.25, 0.3) is 0 Å². The molecule has 23 heavy (non-hydrogen) atoms. The first kappa shape index (κ1) is 14.4. The molecule has 0 amide bonds. The highest BCUT2D eigenvalue weighted by Gasteiger charge is 2.16. The molecule has 1 aliphatic rings. The van der Waals surface area contributed by atoms with Gasteiger partial charge in [0.15, 0.2) is 0 Å². The molecule has 0 saturated carbocycles. The second-order valence-electron chi connectivity index (χ2n) is 5.40. The number of methoxy groups -OCH3 is 1. The van der Waals surface area contributed by atoms with Crippen LogP contribution in [0.5, 0.6) is 5.75 Å². The summed E-state index contributed by atoms with van der Waals surface area (Å²) in [6, 6.07) is 2.35. The van der Waals surface area contributed by atoms with Crippen molar-refractivity contribution in [2.45, 2.75) is 18.9 Å². The van der Waals surface area contributed by atoms with E-state index in [0.717, 1.165) is 47.4 Å². The third-order valence-corrected chi connectivity index (χ3v) is 4.69. The van der Waals surface area contributed by atoms with Gasteiger partial charge >= 0.3 is 0 Å². The molecule has 1 N–H and O–H groups in total. The number of imidazole rings is 1. The fourth-order valence-corrected chi connectivity index (χ4v) is 3.44. The van der Waals surface area contributed by atoms with E-state index >= 15 is 0 Å². The Hall–Kier alpha value is -2.19. The molecule has 0 unspecified atom stereocenters. The lowest BCUT2D eigenvalue weighted by Gasteiger charge is -2.22. The van der Waals surface area contributed by atoms with E-state index in [2.05, 4.69) is 20.4 Å². The Bertz CT molecular complexity index is 778. The average molecular weight is 331 g/mol. The van der Waals surface area contributed by atoms with E-state index in [9.17, 15) is 0 Å². The Morgan fingerprint density at radius 1 is 1.35 bits per heavy atom. The summed E-state index contributed by atoms with van der Waals surface area (Å²) in [5.74, 6) is 0.716. The molecule has 120 valence electrons. The molecule has 0 spiro atoms. The van der Waals surface area contributed by atoms with Crippen LogP contribution in [-0.4, -0.2) is 45.9 Å². The van der Waals surface area contributed by atoms with Crippen molar-refractivity contribution >= 4 is 21.4 Å². The number of rotatable bonds is 4. The average Bonchev–Trinajstić information content (AvgIpc) is 3.14. The third kappa shape index (κ3) is 2.99. The molecule has 0 bridgehead atoms. The molecule has 0 atom stereocenters. The van der Waals surface area contributed by atoms with Crippen LogP contribution in [0.2, 0.25) is 0 Å². The molecule has 4 rings (SSSR count). The van der Waals surface area contributed by atoms with Crippen molar-refractivity contribution in [3.8, 4) is 17.0 Å². The Kier molecular flexibility index (Phi) is 3.84. The van der Waals surface area contributed by atoms with E-state index in [-0.39, 0.29) is 0 Å². The van der Waals surface area contributed by atoms with Gasteiger partial charge in [0.05, 0.1) is 25.2 Å². The summed E-state index contributed by atoms with van der Waals surface area (Å²) in [7, 11) is 1.63. The van der Waals surface area contributed by atoms with Crippen molar-refractivity contribution in [1.82, 2.24) is 19.6 Å². The van der Waals surface area contributed by atoms with Crippen LogP contribution in [0.4, 0.5) is 5.13 Å². The van der Waals surface area contributed by atoms with Crippen molar-refractivity contribution in [1.29, 1.82) is 0 Å². The van der Waals surface area contributed by atoms with Crippen molar-refractivity contribution in [3.05, 3.63) is 24.7 Å². The second kappa shape index (κ2) is 6.13. The van der Waals surface area contributed by atoms with E-state index in [0.29, 0.717) is 11.8 Å². The van der Waals surface area contributed by atoms with Gasteiger partial charge in [-0.05, 0) is 18.9 Å². The van der Waals surface area contributed by atoms with E-state index in [1.165, 1.54) is 0 Å². The van der Waals surface area contributed by atoms with E-state index in [1.54, 1.807) is 35.4 Å². The third-order valence-electron chi connectivity index (χ3n) is 3.84. The minimum atomic E-state index is 0.432. The fraction of sp³-hybridized carbons (Fsp3) is 0.400. The molecule has 1 fully saturated rings. The Morgan fingerprint density at radius 3 is 3.00 bits per heavy atom. The number of nitrogens with zero attached hydrogens (tertiary/aromatic N) is 4. The predicted molar refractivity (Wildman–Crippen MR) is 88.1 cm³/mol. The van der Waals surface area contributed by atoms with Gasteiger partial charge in [-0.1, -0.05) is 11.3 Å². The lowest BCUT2D eigenvalue weighted by molar-refractivity contribution is 0.0904. The number of aromatic nitrogens is 4. The SMILES string of the molecule is COc1cncc(-c2cn3nc(NC4CCOCC4)sc3n2)c1. The lowest BCUT2D eigenvalue weighted by atomic mass is 10.1. The number of pyridine rings is 1. The molecule has 4 heterocycles. The minimum Gasteiger partial charge on any atom is -0.495 e. The van der Waals surface area contributed by atoms with Gasteiger partial charge in [-0.25, -0.2) is 9.50 Å². The fourth-order valence-electron chi connectivity index (χ4n) is 2.58. The van der Waals surface area contributed by atoms with Crippen LogP contribution in [0, 0.1) is 0 Å². The molecular formula is C15H17N5O2S. The zero-order chi connectivity index (χ0) is 15.6. The van der Waals surface area contributed by atoms with Crippen LogP contribution in [0.15, 0.2) is 24.7 Å². The van der Waals surface area contributed by atoms with Crippen LogP contribution >= 0.6 is 11.3 Å². The van der Waals surface area contributed by atoms with E-state index < -0.39 is 0 Å². The van der Waals surface area contributed by atoms with Gasteiger partial charge in [-0.15, -0.1) is 5.10 Å². The first-order chi connectivity index (χ1) is 11.3. The maximum absolute atomic E-state index is 5.37. The van der Waals surface area contributed by atoms with Gasteiger partial charge in [-0.3, -0.25) is 4.98 Å². The monoisotopic (exact) mass is 331 g/mol. The van der Waals surface area contributed by atoms with Crippen molar-refractivity contribution in [2.75, 3.05) is 25.6 Å². The summed E-state index contributed by atoms with van der Waals surface area (Å²) in [4.78, 5) is 9.66. The lowest BCUT2D eigenvalue weighted by Crippen LogP contribution is -2.27. The van der Waals surface area contributed by atoms with Gasteiger partial charge in [0.2, 0.25) is 10.1 Å². The number of anilines is 1. The van der Waals surface area contributed by atoms with Crippen LogP contribution in [0.1, 0.15) is 12.8 Å². The molecule has 1 saturated heterocycles. The standard InChI is InChI=1S/C15H17N5O2S/c1-21-12-6-10(7-16-8-12)13-9-20-15(18-13)23-14(19-20)17-11-2-4-22-5-3-11/h6-9,11H,2-5H2,1H3,(H,17,19). The normalized spacial score (nSPS) is 15.9. The molecule has 1 aliphatic heterocycles. The molecule has 7 nitrogen and oxygen atoms in total. The maximum atomic E-state index is 5.37. The number of nitrogens with one attached hydrogen (secondary N) is 1. The Labute approximate surface area is 137 Å². The first-order valence-electron chi connectivity index (χ1n) is 7.52. The Morgan fingerprint density at radius 2 is 2.22 bits per heavy atom. The molecule has 3 aromatic rings. The van der Waals surface area contributed by atoms with E-state index in [4.69, 9.17) is 9.47 Å². The summed E-state index contributed by atoms with van der Waals surface area (Å²) in [5, 5.41) is 8.93. The number of hydrogen-bond donors (Lipinski definition) is 1. The summed E-state index contributed by atoms with van der Waals surface area (Å²) >= 11 is 1.55. The smallest absolute Gasteiger partial charge is 0.214 e. The summed E-state index contributed by atoms with van der Waals surface area (Å²) in [6.07, 6.45) is 7.40. The van der Waals surface area contributed by atoms with E-state index in [1.807, 2.05) is 12.3 Å². The van der Waals surface area contributed by atoms with Gasteiger partial charge in [0, 0.05) is 31.0 Å². The number of fused-ring (bicyclic) bond motifs is 1. The predicted octanol–water partition coefficient (Wildman–Crippen LogP) is 2.45. The molecular weight excluding hydrogens is 314 g/mol. The zero-order valence-corrected chi connectivity index (χ0v) is 13.5. The van der Waals surface area contributed by atoms with Crippen LogP contribution in [0.3, 0.4) is 0 Å². The highest BCUT2D eigenvalue weighted by Crippen LogP contribution is 2.26. The molecule has 8 heteroatoms. The largest absolute Gasteiger partial charge is 0.495 e. The second-order valence-corrected chi connectivity index (χ2v) is 6.36. The minimum absolute atomic E-state index is 0.432. The van der Waals surface area contributed by atoms with Crippen LogP contribution < -0.4 is 10.1 Å². The molecule has 0 aromatic carbocycles. The van der Waals surface area contributed by atoms with Crippen molar-refractivity contribution < 1.29 is 9.47 Å².